The van der Waals surface area contributed by atoms with Crippen LogP contribution >= 0.6 is 0 Å². The largest absolute Gasteiger partial charge is 0.396 e. The van der Waals surface area contributed by atoms with Crippen molar-refractivity contribution in [3.63, 3.8) is 0 Å². The zero-order chi connectivity index (χ0) is 9.84. The van der Waals surface area contributed by atoms with Crippen molar-refractivity contribution in [3.05, 3.63) is 0 Å². The van der Waals surface area contributed by atoms with Crippen LogP contribution in [0.3, 0.4) is 0 Å². The van der Waals surface area contributed by atoms with Gasteiger partial charge in [0.2, 0.25) is 0 Å². The number of hydrogen-bond acceptors (Lipinski definition) is 4. The molecule has 0 radical (unpaired) electrons. The summed E-state index contributed by atoms with van der Waals surface area (Å²) in [5.74, 6) is 0.324. The van der Waals surface area contributed by atoms with E-state index in [4.69, 9.17) is 5.11 Å². The van der Waals surface area contributed by atoms with E-state index < -0.39 is 0 Å². The number of nitrogens with one attached hydrogen (secondary N) is 2. The molecule has 4 N–H and O–H groups in total. The van der Waals surface area contributed by atoms with E-state index in [0.717, 1.165) is 13.1 Å². The molecule has 4 unspecified atom stereocenters. The third-order valence-corrected chi connectivity index (χ3v) is 2.93. The van der Waals surface area contributed by atoms with Crippen LogP contribution in [0.25, 0.3) is 0 Å². The molecule has 4 heteroatoms. The van der Waals surface area contributed by atoms with Gasteiger partial charge in [0, 0.05) is 37.6 Å². The van der Waals surface area contributed by atoms with E-state index in [0.29, 0.717) is 0 Å². The van der Waals surface area contributed by atoms with E-state index in [2.05, 4.69) is 10.6 Å². The molecule has 0 saturated carbocycles. The average molecular weight is 188 g/mol. The molecular weight excluding hydrogens is 168 g/mol. The number of aliphatic hydroxyl groups is 2. The highest BCUT2D eigenvalue weighted by Crippen LogP contribution is 2.21. The Hall–Kier alpha value is -0.160. The summed E-state index contributed by atoms with van der Waals surface area (Å²) < 4.78 is 0. The predicted octanol–water partition coefficient (Wildman–Crippen LogP) is -1.22. The van der Waals surface area contributed by atoms with Gasteiger partial charge in [-0.25, -0.2) is 0 Å². The maximum Gasteiger partial charge on any atom is 0.0734 e. The van der Waals surface area contributed by atoms with Crippen LogP contribution in [0.1, 0.15) is 6.92 Å². The minimum absolute atomic E-state index is 0.126. The van der Waals surface area contributed by atoms with Crippen molar-refractivity contribution < 1.29 is 10.2 Å². The Balaban J connectivity index is 2.57. The molecule has 0 bridgehead atoms. The first-order valence-electron chi connectivity index (χ1n) is 4.87. The first-order chi connectivity index (χ1) is 6.20. The zero-order valence-electron chi connectivity index (χ0n) is 8.33. The van der Waals surface area contributed by atoms with Gasteiger partial charge in [-0.3, -0.25) is 0 Å². The topological polar surface area (TPSA) is 64.5 Å². The maximum absolute atomic E-state index is 9.86. The number of rotatable bonds is 3. The third-order valence-electron chi connectivity index (χ3n) is 2.93. The Bertz CT molecular complexity index is 153. The molecule has 1 aliphatic rings. The first-order valence-corrected chi connectivity index (χ1v) is 4.87. The van der Waals surface area contributed by atoms with Crippen LogP contribution in [0, 0.1) is 11.8 Å². The highest BCUT2D eigenvalue weighted by Gasteiger charge is 2.35. The van der Waals surface area contributed by atoms with Gasteiger partial charge in [-0.1, -0.05) is 0 Å². The standard InChI is InChI=1S/C9H20N2O2/c1-6-9(13)8(4-10-2)7(5-12)3-11-6/h6-13H,3-5H2,1-2H3. The van der Waals surface area contributed by atoms with Gasteiger partial charge in [0.05, 0.1) is 6.10 Å². The summed E-state index contributed by atoms with van der Waals surface area (Å²) in [5, 5.41) is 25.2. The van der Waals surface area contributed by atoms with Gasteiger partial charge in [0.25, 0.3) is 0 Å². The fraction of sp³-hybridized carbons (Fsp3) is 1.00. The van der Waals surface area contributed by atoms with Crippen molar-refractivity contribution in [1.29, 1.82) is 0 Å². The quantitative estimate of drug-likeness (QED) is 0.448. The Kier molecular flexibility index (Phi) is 4.12. The molecule has 13 heavy (non-hydrogen) atoms. The molecular formula is C9H20N2O2. The van der Waals surface area contributed by atoms with Gasteiger partial charge in [-0.15, -0.1) is 0 Å². The molecule has 78 valence electrons. The van der Waals surface area contributed by atoms with Crippen molar-refractivity contribution in [2.45, 2.75) is 19.1 Å². The van der Waals surface area contributed by atoms with Crippen molar-refractivity contribution in [2.75, 3.05) is 26.7 Å². The van der Waals surface area contributed by atoms with E-state index in [1.807, 2.05) is 14.0 Å². The van der Waals surface area contributed by atoms with Crippen LogP contribution in [0.15, 0.2) is 0 Å². The molecule has 1 aliphatic heterocycles. The van der Waals surface area contributed by atoms with E-state index in [1.165, 1.54) is 0 Å². The normalized spacial score (nSPS) is 40.6. The first kappa shape index (κ1) is 10.9. The van der Waals surface area contributed by atoms with Crippen molar-refractivity contribution >= 4 is 0 Å². The van der Waals surface area contributed by atoms with Crippen LogP contribution in [0.2, 0.25) is 0 Å². The molecule has 1 fully saturated rings. The second kappa shape index (κ2) is 4.91. The number of hydrogen-bond donors (Lipinski definition) is 4. The smallest absolute Gasteiger partial charge is 0.0734 e. The van der Waals surface area contributed by atoms with Crippen LogP contribution in [-0.2, 0) is 0 Å². The zero-order valence-corrected chi connectivity index (χ0v) is 8.33. The molecule has 0 aromatic rings. The molecule has 0 aromatic carbocycles. The van der Waals surface area contributed by atoms with Crippen LogP contribution in [0.5, 0.6) is 0 Å². The average Bonchev–Trinajstić information content (AvgIpc) is 2.14. The predicted molar refractivity (Wildman–Crippen MR) is 51.5 cm³/mol. The molecule has 0 aliphatic carbocycles. The summed E-state index contributed by atoms with van der Waals surface area (Å²) in [6.45, 7) is 3.67. The SMILES string of the molecule is CNCC1C(CO)CNC(C)C1O. The monoisotopic (exact) mass is 188 g/mol. The lowest BCUT2D eigenvalue weighted by atomic mass is 9.81. The summed E-state index contributed by atoms with van der Waals surface area (Å²) in [5.41, 5.74) is 0. The third kappa shape index (κ3) is 2.40. The molecule has 1 saturated heterocycles. The summed E-state index contributed by atoms with van der Waals surface area (Å²) in [6, 6.07) is 0.126. The Morgan fingerprint density at radius 2 is 2.23 bits per heavy atom. The van der Waals surface area contributed by atoms with E-state index in [9.17, 15) is 5.11 Å². The van der Waals surface area contributed by atoms with Crippen LogP contribution in [0.4, 0.5) is 0 Å². The highest BCUT2D eigenvalue weighted by molar-refractivity contribution is 4.90. The Labute approximate surface area is 79.3 Å². The molecule has 1 heterocycles. The van der Waals surface area contributed by atoms with Gasteiger partial charge in [-0.2, -0.15) is 0 Å². The molecule has 1 rings (SSSR count). The summed E-state index contributed by atoms with van der Waals surface area (Å²) in [4.78, 5) is 0. The molecule has 0 aromatic heterocycles. The van der Waals surface area contributed by atoms with Gasteiger partial charge < -0.3 is 20.8 Å². The summed E-state index contributed by atoms with van der Waals surface area (Å²) in [6.07, 6.45) is -0.363. The molecule has 0 spiro atoms. The van der Waals surface area contributed by atoms with Gasteiger partial charge >= 0.3 is 0 Å². The van der Waals surface area contributed by atoms with Crippen LogP contribution in [-0.4, -0.2) is 49.1 Å². The van der Waals surface area contributed by atoms with Crippen molar-refractivity contribution in [1.82, 2.24) is 10.6 Å². The maximum atomic E-state index is 9.86. The van der Waals surface area contributed by atoms with Crippen LogP contribution < -0.4 is 10.6 Å². The molecule has 4 atom stereocenters. The van der Waals surface area contributed by atoms with Crippen molar-refractivity contribution in [3.8, 4) is 0 Å². The van der Waals surface area contributed by atoms with E-state index >= 15 is 0 Å². The Morgan fingerprint density at radius 3 is 2.77 bits per heavy atom. The fourth-order valence-corrected chi connectivity index (χ4v) is 1.98. The summed E-state index contributed by atoms with van der Waals surface area (Å²) >= 11 is 0. The minimum atomic E-state index is -0.363. The van der Waals surface area contributed by atoms with Crippen molar-refractivity contribution in [2.24, 2.45) is 11.8 Å². The highest BCUT2D eigenvalue weighted by atomic mass is 16.3. The lowest BCUT2D eigenvalue weighted by molar-refractivity contribution is -0.00205. The second-order valence-corrected chi connectivity index (χ2v) is 3.85. The number of aliphatic hydroxyl groups excluding tert-OH is 2. The van der Waals surface area contributed by atoms with Gasteiger partial charge in [-0.05, 0) is 14.0 Å². The fourth-order valence-electron chi connectivity index (χ4n) is 1.98. The lowest BCUT2D eigenvalue weighted by Gasteiger charge is -2.39. The molecule has 4 nitrogen and oxygen atoms in total. The number of piperidine rings is 1. The van der Waals surface area contributed by atoms with E-state index in [-0.39, 0.29) is 30.6 Å². The summed E-state index contributed by atoms with van der Waals surface area (Å²) in [7, 11) is 1.87. The van der Waals surface area contributed by atoms with E-state index in [1.54, 1.807) is 0 Å². The van der Waals surface area contributed by atoms with Gasteiger partial charge in [0.15, 0.2) is 0 Å². The van der Waals surface area contributed by atoms with Gasteiger partial charge in [0.1, 0.15) is 0 Å². The molecule has 0 amide bonds. The Morgan fingerprint density at radius 1 is 1.54 bits per heavy atom. The lowest BCUT2D eigenvalue weighted by Crippen LogP contribution is -2.56. The minimum Gasteiger partial charge on any atom is -0.396 e. The second-order valence-electron chi connectivity index (χ2n) is 3.85.